The lowest BCUT2D eigenvalue weighted by atomic mass is 10.0. The van der Waals surface area contributed by atoms with Gasteiger partial charge in [0.05, 0.1) is 0 Å². The van der Waals surface area contributed by atoms with Crippen molar-refractivity contribution in [1.82, 2.24) is 9.80 Å². The second-order valence-electron chi connectivity index (χ2n) is 15.0. The minimum Gasteiger partial charge on any atom is -0.382 e. The fraction of sp³-hybridized carbons (Fsp3) is 1.00. The number of nitrogens with zero attached hydrogens (tertiary/aromatic N) is 2. The molecule has 0 heterocycles. The summed E-state index contributed by atoms with van der Waals surface area (Å²) in [5.74, 6) is 0. The van der Waals surface area contributed by atoms with E-state index < -0.39 is 0 Å². The van der Waals surface area contributed by atoms with Gasteiger partial charge in [0.2, 0.25) is 0 Å². The van der Waals surface area contributed by atoms with Crippen molar-refractivity contribution >= 4 is 24.8 Å². The lowest BCUT2D eigenvalue weighted by Gasteiger charge is -2.08. The molecule has 0 aliphatic carbocycles. The molecule has 0 radical (unpaired) electrons. The molecule has 0 aromatic carbocycles. The van der Waals surface area contributed by atoms with Gasteiger partial charge in [-0.1, -0.05) is 206 Å². The van der Waals surface area contributed by atoms with Gasteiger partial charge in [0.1, 0.15) is 0 Å². The van der Waals surface area contributed by atoms with E-state index in [1.807, 2.05) is 13.8 Å². The molecular formula is C44H98Cl2N2O. The van der Waals surface area contributed by atoms with Gasteiger partial charge in [-0.05, 0) is 68.0 Å². The first-order valence-corrected chi connectivity index (χ1v) is 21.8. The van der Waals surface area contributed by atoms with Crippen molar-refractivity contribution in [2.24, 2.45) is 0 Å². The van der Waals surface area contributed by atoms with Crippen molar-refractivity contribution in [3.63, 3.8) is 0 Å². The molecular weight excluding hydrogens is 643 g/mol. The highest BCUT2D eigenvalue weighted by Crippen LogP contribution is 2.15. The standard InChI is InChI=1S/2C20H43N.C4H10O.2ClH/c2*1-4-5-6-7-8-9-10-11-12-13-14-15-16-17-18-19-20-21(2)3;1-3-5-4-2;;/h2*4-20H2,1-3H3;3-4H2,1-2H3;2*1H. The smallest absolute Gasteiger partial charge is 0.0437 e. The average molecular weight is 742 g/mol. The highest BCUT2D eigenvalue weighted by Gasteiger charge is 1.97. The molecule has 0 aromatic rings. The van der Waals surface area contributed by atoms with Gasteiger partial charge in [-0.2, -0.15) is 0 Å². The van der Waals surface area contributed by atoms with Crippen LogP contribution < -0.4 is 0 Å². The predicted octanol–water partition coefficient (Wildman–Crippen LogP) is 15.5. The molecule has 0 aliphatic heterocycles. The SMILES string of the molecule is CCCCCCCCCCCCCCCCCCN(C)C.CCCCCCCCCCCCCCCCCCN(C)C.CCOCC.Cl.Cl. The molecule has 49 heavy (non-hydrogen) atoms. The quantitative estimate of drug-likeness (QED) is 0.0595. The number of halogens is 2. The second-order valence-corrected chi connectivity index (χ2v) is 15.0. The summed E-state index contributed by atoms with van der Waals surface area (Å²) < 4.78 is 4.83. The maximum absolute atomic E-state index is 4.83. The van der Waals surface area contributed by atoms with Crippen LogP contribution in [0.15, 0.2) is 0 Å². The Morgan fingerprint density at radius 3 is 0.551 bits per heavy atom. The fourth-order valence-corrected chi connectivity index (χ4v) is 6.16. The summed E-state index contributed by atoms with van der Waals surface area (Å²) in [6.07, 6.45) is 46.6. The van der Waals surface area contributed by atoms with Crippen molar-refractivity contribution in [2.45, 2.75) is 233 Å². The summed E-state index contributed by atoms with van der Waals surface area (Å²) in [5.41, 5.74) is 0. The molecule has 0 unspecified atom stereocenters. The molecule has 0 spiro atoms. The van der Waals surface area contributed by atoms with Crippen LogP contribution in [0, 0.1) is 0 Å². The Labute approximate surface area is 325 Å². The third-order valence-electron chi connectivity index (χ3n) is 9.33. The zero-order chi connectivity index (χ0) is 35.3. The van der Waals surface area contributed by atoms with Crippen LogP contribution in [-0.2, 0) is 4.74 Å². The largest absolute Gasteiger partial charge is 0.382 e. The number of rotatable bonds is 36. The van der Waals surface area contributed by atoms with Crippen LogP contribution in [0.4, 0.5) is 0 Å². The van der Waals surface area contributed by atoms with E-state index in [-0.39, 0.29) is 24.8 Å². The maximum atomic E-state index is 4.83. The first-order valence-electron chi connectivity index (χ1n) is 21.8. The number of ether oxygens (including phenoxy) is 1. The molecule has 304 valence electrons. The topological polar surface area (TPSA) is 15.7 Å². The van der Waals surface area contributed by atoms with E-state index in [2.05, 4.69) is 51.8 Å². The fourth-order valence-electron chi connectivity index (χ4n) is 6.16. The van der Waals surface area contributed by atoms with Crippen molar-refractivity contribution in [3.8, 4) is 0 Å². The second kappa shape index (κ2) is 57.8. The van der Waals surface area contributed by atoms with E-state index in [1.165, 1.54) is 219 Å². The molecule has 5 heteroatoms. The monoisotopic (exact) mass is 741 g/mol. The van der Waals surface area contributed by atoms with Gasteiger partial charge in [0.15, 0.2) is 0 Å². The zero-order valence-corrected chi connectivity index (χ0v) is 37.2. The average Bonchev–Trinajstić information content (AvgIpc) is 3.05. The van der Waals surface area contributed by atoms with Crippen molar-refractivity contribution in [3.05, 3.63) is 0 Å². The van der Waals surface area contributed by atoms with Crippen molar-refractivity contribution < 1.29 is 4.74 Å². The number of unbranched alkanes of at least 4 members (excludes halogenated alkanes) is 30. The minimum absolute atomic E-state index is 0. The van der Waals surface area contributed by atoms with E-state index in [1.54, 1.807) is 0 Å². The Hall–Kier alpha value is 0.460. The molecule has 0 fully saturated rings. The molecule has 0 N–H and O–H groups in total. The van der Waals surface area contributed by atoms with Crippen LogP contribution in [0.3, 0.4) is 0 Å². The Kier molecular flexibility index (Phi) is 69.3. The van der Waals surface area contributed by atoms with Gasteiger partial charge in [0.25, 0.3) is 0 Å². The lowest BCUT2D eigenvalue weighted by molar-refractivity contribution is 0.162. The van der Waals surface area contributed by atoms with Gasteiger partial charge in [-0.15, -0.1) is 24.8 Å². The lowest BCUT2D eigenvalue weighted by Crippen LogP contribution is -2.12. The summed E-state index contributed by atoms with van der Waals surface area (Å²) in [6.45, 7) is 12.8. The number of hydrogen-bond acceptors (Lipinski definition) is 3. The zero-order valence-electron chi connectivity index (χ0n) is 35.6. The van der Waals surface area contributed by atoms with E-state index in [9.17, 15) is 0 Å². The maximum Gasteiger partial charge on any atom is 0.0437 e. The van der Waals surface area contributed by atoms with Crippen LogP contribution in [0.25, 0.3) is 0 Å². The van der Waals surface area contributed by atoms with Crippen LogP contribution >= 0.6 is 24.8 Å². The molecule has 0 atom stereocenters. The van der Waals surface area contributed by atoms with Gasteiger partial charge in [-0.3, -0.25) is 0 Å². The molecule has 0 aliphatic rings. The molecule has 0 aromatic heterocycles. The van der Waals surface area contributed by atoms with Crippen LogP contribution in [0.5, 0.6) is 0 Å². The van der Waals surface area contributed by atoms with Gasteiger partial charge in [-0.25, -0.2) is 0 Å². The van der Waals surface area contributed by atoms with Gasteiger partial charge in [0, 0.05) is 13.2 Å². The summed E-state index contributed by atoms with van der Waals surface area (Å²) in [4.78, 5) is 4.59. The number of hydrogen-bond donors (Lipinski definition) is 0. The molecule has 0 saturated carbocycles. The Bertz CT molecular complexity index is 452. The van der Waals surface area contributed by atoms with E-state index >= 15 is 0 Å². The summed E-state index contributed by atoms with van der Waals surface area (Å²) >= 11 is 0. The Morgan fingerprint density at radius 2 is 0.429 bits per heavy atom. The molecule has 0 saturated heterocycles. The highest BCUT2D eigenvalue weighted by molar-refractivity contribution is 5.85. The molecule has 0 rings (SSSR count). The van der Waals surface area contributed by atoms with Crippen LogP contribution in [-0.4, -0.2) is 64.3 Å². The van der Waals surface area contributed by atoms with E-state index in [4.69, 9.17) is 4.74 Å². The predicted molar refractivity (Wildman–Crippen MR) is 233 cm³/mol. The first kappa shape index (κ1) is 58.8. The summed E-state index contributed by atoms with van der Waals surface area (Å²) in [6, 6.07) is 0. The summed E-state index contributed by atoms with van der Waals surface area (Å²) in [5, 5.41) is 0. The van der Waals surface area contributed by atoms with Crippen LogP contribution in [0.1, 0.15) is 233 Å². The van der Waals surface area contributed by atoms with Gasteiger partial charge < -0.3 is 14.5 Å². The Balaban J connectivity index is -0.000000223. The molecule has 3 nitrogen and oxygen atoms in total. The highest BCUT2D eigenvalue weighted by atomic mass is 35.5. The van der Waals surface area contributed by atoms with E-state index in [0.717, 1.165) is 13.2 Å². The van der Waals surface area contributed by atoms with Gasteiger partial charge >= 0.3 is 0 Å². The molecule has 0 amide bonds. The van der Waals surface area contributed by atoms with Crippen LogP contribution in [0.2, 0.25) is 0 Å². The van der Waals surface area contributed by atoms with E-state index in [0.29, 0.717) is 0 Å². The van der Waals surface area contributed by atoms with Crippen molar-refractivity contribution in [2.75, 3.05) is 54.5 Å². The summed E-state index contributed by atoms with van der Waals surface area (Å²) in [7, 11) is 8.69. The Morgan fingerprint density at radius 1 is 0.265 bits per heavy atom. The third kappa shape index (κ3) is 70.7. The minimum atomic E-state index is 0. The molecule has 0 bridgehead atoms. The normalized spacial score (nSPS) is 10.7. The first-order chi connectivity index (χ1) is 23.0. The third-order valence-corrected chi connectivity index (χ3v) is 9.33. The van der Waals surface area contributed by atoms with Crippen molar-refractivity contribution in [1.29, 1.82) is 0 Å².